The summed E-state index contributed by atoms with van der Waals surface area (Å²) in [6.07, 6.45) is 0. The van der Waals surface area contributed by atoms with Gasteiger partial charge in [0.25, 0.3) is 0 Å². The summed E-state index contributed by atoms with van der Waals surface area (Å²) < 4.78 is 17.6. The van der Waals surface area contributed by atoms with Crippen LogP contribution in [-0.2, 0) is 22.7 Å². The highest BCUT2D eigenvalue weighted by Gasteiger charge is 2.45. The summed E-state index contributed by atoms with van der Waals surface area (Å²) in [6, 6.07) is 21.4. The van der Waals surface area contributed by atoms with E-state index in [4.69, 9.17) is 25.8 Å². The van der Waals surface area contributed by atoms with Crippen LogP contribution in [0.2, 0.25) is 5.02 Å². The third-order valence-corrected chi connectivity index (χ3v) is 6.78. The van der Waals surface area contributed by atoms with E-state index in [-0.39, 0.29) is 24.8 Å². The monoisotopic (exact) mass is 506 g/mol. The van der Waals surface area contributed by atoms with Crippen LogP contribution in [0.4, 0.5) is 5.69 Å². The minimum Gasteiger partial charge on any atom is -0.454 e. The summed E-state index contributed by atoms with van der Waals surface area (Å²) >= 11 is 6.08. The summed E-state index contributed by atoms with van der Waals surface area (Å²) in [6.45, 7) is 7.46. The minimum absolute atomic E-state index is 0.0340. The standard InChI is InChI=1S/C29H31ClN2O4/c1-29(2,3)28(33)32-23-14-26-25(35-18-36-26)13-22(23)27(31-15-19-9-11-21(30)12-10-19)24(32)17-34-16-20-7-5-4-6-8-20/h4-14,24,27,31H,15-18H2,1-3H3/t24-,27+/m1/s1. The molecule has 0 saturated heterocycles. The Balaban J connectivity index is 1.48. The molecule has 2 atom stereocenters. The van der Waals surface area contributed by atoms with Gasteiger partial charge in [-0.05, 0) is 34.9 Å². The normalized spacial score (nSPS) is 18.4. The van der Waals surface area contributed by atoms with Crippen molar-refractivity contribution in [3.63, 3.8) is 0 Å². The first-order valence-electron chi connectivity index (χ1n) is 12.2. The van der Waals surface area contributed by atoms with Gasteiger partial charge in [0.15, 0.2) is 11.5 Å². The highest BCUT2D eigenvalue weighted by molar-refractivity contribution is 6.30. The molecule has 0 fully saturated rings. The lowest BCUT2D eigenvalue weighted by molar-refractivity contribution is -0.126. The maximum Gasteiger partial charge on any atom is 0.232 e. The molecule has 5 rings (SSSR count). The fourth-order valence-corrected chi connectivity index (χ4v) is 4.81. The van der Waals surface area contributed by atoms with Gasteiger partial charge in [-0.3, -0.25) is 4.79 Å². The zero-order chi connectivity index (χ0) is 25.3. The molecule has 0 radical (unpaired) electrons. The van der Waals surface area contributed by atoms with Gasteiger partial charge in [-0.1, -0.05) is 74.8 Å². The maximum atomic E-state index is 13.8. The predicted molar refractivity (Wildman–Crippen MR) is 140 cm³/mol. The number of hydrogen-bond donors (Lipinski definition) is 1. The number of fused-ring (bicyclic) bond motifs is 2. The second-order valence-electron chi connectivity index (χ2n) is 10.2. The molecular formula is C29H31ClN2O4. The lowest BCUT2D eigenvalue weighted by Gasteiger charge is -2.33. The lowest BCUT2D eigenvalue weighted by Crippen LogP contribution is -2.49. The fraction of sp³-hybridized carbons (Fsp3) is 0.345. The molecule has 7 heteroatoms. The second-order valence-corrected chi connectivity index (χ2v) is 10.7. The molecule has 0 saturated carbocycles. The van der Waals surface area contributed by atoms with E-state index < -0.39 is 5.41 Å². The summed E-state index contributed by atoms with van der Waals surface area (Å²) in [5.41, 5.74) is 3.45. The zero-order valence-electron chi connectivity index (χ0n) is 20.8. The third kappa shape index (κ3) is 5.07. The number of benzene rings is 3. The van der Waals surface area contributed by atoms with E-state index in [0.717, 1.165) is 22.4 Å². The Morgan fingerprint density at radius 1 is 1.03 bits per heavy atom. The van der Waals surface area contributed by atoms with Crippen molar-refractivity contribution in [1.29, 1.82) is 0 Å². The number of carbonyl (C=O) groups is 1. The maximum absolute atomic E-state index is 13.8. The SMILES string of the molecule is CC(C)(C)C(=O)N1c2cc3c(cc2[C@H](NCc2ccc(Cl)cc2)[C@H]1COCc1ccccc1)OCO3. The molecule has 6 nitrogen and oxygen atoms in total. The Morgan fingerprint density at radius 3 is 2.42 bits per heavy atom. The Labute approximate surface area is 217 Å². The van der Waals surface area contributed by atoms with Gasteiger partial charge in [-0.2, -0.15) is 0 Å². The van der Waals surface area contributed by atoms with Gasteiger partial charge in [-0.25, -0.2) is 0 Å². The summed E-state index contributed by atoms with van der Waals surface area (Å²) in [5, 5.41) is 4.39. The van der Waals surface area contributed by atoms with Crippen molar-refractivity contribution in [2.75, 3.05) is 18.3 Å². The predicted octanol–water partition coefficient (Wildman–Crippen LogP) is 5.88. The van der Waals surface area contributed by atoms with Crippen molar-refractivity contribution in [2.45, 2.75) is 46.0 Å². The number of amides is 1. The van der Waals surface area contributed by atoms with E-state index in [2.05, 4.69) is 5.32 Å². The van der Waals surface area contributed by atoms with Gasteiger partial charge in [-0.15, -0.1) is 0 Å². The van der Waals surface area contributed by atoms with Crippen molar-refractivity contribution in [2.24, 2.45) is 5.41 Å². The number of halogens is 1. The van der Waals surface area contributed by atoms with E-state index in [1.54, 1.807) is 0 Å². The summed E-state index contributed by atoms with van der Waals surface area (Å²) in [4.78, 5) is 15.7. The van der Waals surface area contributed by atoms with E-state index in [1.165, 1.54) is 0 Å². The van der Waals surface area contributed by atoms with Gasteiger partial charge < -0.3 is 24.4 Å². The molecule has 36 heavy (non-hydrogen) atoms. The first-order chi connectivity index (χ1) is 17.3. The Hall–Kier alpha value is -3.06. The van der Waals surface area contributed by atoms with Gasteiger partial charge in [0.05, 0.1) is 31.0 Å². The smallest absolute Gasteiger partial charge is 0.232 e. The van der Waals surface area contributed by atoms with Crippen LogP contribution in [0, 0.1) is 5.41 Å². The largest absolute Gasteiger partial charge is 0.454 e. The average molecular weight is 507 g/mol. The van der Waals surface area contributed by atoms with Crippen LogP contribution in [-0.4, -0.2) is 25.3 Å². The topological polar surface area (TPSA) is 60.0 Å². The molecule has 1 N–H and O–H groups in total. The number of nitrogens with zero attached hydrogens (tertiary/aromatic N) is 1. The first kappa shape index (κ1) is 24.6. The van der Waals surface area contributed by atoms with Crippen LogP contribution in [0.1, 0.15) is 43.5 Å². The fourth-order valence-electron chi connectivity index (χ4n) is 4.68. The van der Waals surface area contributed by atoms with Crippen molar-refractivity contribution in [3.05, 3.63) is 88.4 Å². The van der Waals surface area contributed by atoms with E-state index >= 15 is 0 Å². The quantitative estimate of drug-likeness (QED) is 0.434. The van der Waals surface area contributed by atoms with Crippen LogP contribution >= 0.6 is 11.6 Å². The third-order valence-electron chi connectivity index (χ3n) is 6.53. The minimum atomic E-state index is -0.573. The molecule has 3 aromatic rings. The Morgan fingerprint density at radius 2 is 1.72 bits per heavy atom. The van der Waals surface area contributed by atoms with Crippen LogP contribution in [0.25, 0.3) is 0 Å². The molecule has 0 unspecified atom stereocenters. The molecule has 3 aromatic carbocycles. The number of ether oxygens (including phenoxy) is 3. The number of nitrogens with one attached hydrogen (secondary N) is 1. The van der Waals surface area contributed by atoms with Gasteiger partial charge in [0.1, 0.15) is 0 Å². The number of anilines is 1. The van der Waals surface area contributed by atoms with E-state index in [0.29, 0.717) is 36.3 Å². The highest BCUT2D eigenvalue weighted by Crippen LogP contribution is 2.48. The molecule has 2 heterocycles. The molecule has 0 spiro atoms. The van der Waals surface area contributed by atoms with Crippen molar-refractivity contribution >= 4 is 23.2 Å². The van der Waals surface area contributed by atoms with Gasteiger partial charge >= 0.3 is 0 Å². The van der Waals surface area contributed by atoms with Gasteiger partial charge in [0, 0.05) is 23.0 Å². The number of carbonyl (C=O) groups excluding carboxylic acids is 1. The lowest BCUT2D eigenvalue weighted by atomic mass is 9.94. The van der Waals surface area contributed by atoms with Crippen molar-refractivity contribution in [1.82, 2.24) is 5.32 Å². The van der Waals surface area contributed by atoms with E-state index in [9.17, 15) is 4.79 Å². The number of hydrogen-bond acceptors (Lipinski definition) is 5. The van der Waals surface area contributed by atoms with Crippen molar-refractivity contribution in [3.8, 4) is 11.5 Å². The zero-order valence-corrected chi connectivity index (χ0v) is 21.5. The highest BCUT2D eigenvalue weighted by atomic mass is 35.5. The first-order valence-corrected chi connectivity index (χ1v) is 12.6. The second kappa shape index (κ2) is 10.1. The molecule has 0 aliphatic carbocycles. The molecule has 0 aromatic heterocycles. The van der Waals surface area contributed by atoms with Crippen LogP contribution in [0.5, 0.6) is 11.5 Å². The Bertz CT molecular complexity index is 1220. The molecule has 1 amide bonds. The summed E-state index contributed by atoms with van der Waals surface area (Å²) in [5.74, 6) is 1.38. The van der Waals surface area contributed by atoms with Crippen LogP contribution < -0.4 is 19.7 Å². The van der Waals surface area contributed by atoms with Crippen molar-refractivity contribution < 1.29 is 19.0 Å². The molecule has 2 aliphatic heterocycles. The molecule has 0 bridgehead atoms. The Kier molecular flexibility index (Phi) is 6.93. The average Bonchev–Trinajstić information content (AvgIpc) is 3.43. The molecule has 188 valence electrons. The van der Waals surface area contributed by atoms with Crippen LogP contribution in [0.3, 0.4) is 0 Å². The summed E-state index contributed by atoms with van der Waals surface area (Å²) in [7, 11) is 0. The molecule has 2 aliphatic rings. The van der Waals surface area contributed by atoms with E-state index in [1.807, 2.05) is 92.4 Å². The number of rotatable bonds is 7. The van der Waals surface area contributed by atoms with Gasteiger partial charge in [0.2, 0.25) is 12.7 Å². The van der Waals surface area contributed by atoms with Crippen LogP contribution in [0.15, 0.2) is 66.7 Å². The molecular weight excluding hydrogens is 476 g/mol.